The molecule has 9 rings (SSSR count). The minimum atomic E-state index is -0.315. The summed E-state index contributed by atoms with van der Waals surface area (Å²) in [7, 11) is 0. The maximum Gasteiger partial charge on any atom is 0.255 e. The highest BCUT2D eigenvalue weighted by molar-refractivity contribution is 6.23. The van der Waals surface area contributed by atoms with Crippen LogP contribution in [0, 0.1) is 35.5 Å². The van der Waals surface area contributed by atoms with Crippen molar-refractivity contribution in [3.63, 3.8) is 0 Å². The number of carbonyl (C=O) groups is 3. The molecule has 3 fully saturated rings. The predicted octanol–water partition coefficient (Wildman–Crippen LogP) is 6.44. The highest BCUT2D eigenvalue weighted by Crippen LogP contribution is 2.65. The Balaban J connectivity index is 0.971. The summed E-state index contributed by atoms with van der Waals surface area (Å²) < 4.78 is 6.01. The molecular formula is C34H26N2O4. The van der Waals surface area contributed by atoms with Crippen molar-refractivity contribution in [1.82, 2.24) is 0 Å². The van der Waals surface area contributed by atoms with Crippen molar-refractivity contribution in [3.8, 4) is 11.5 Å². The van der Waals surface area contributed by atoms with Gasteiger partial charge in [0.05, 0.1) is 17.5 Å². The second kappa shape index (κ2) is 8.65. The first-order valence-corrected chi connectivity index (χ1v) is 13.8. The van der Waals surface area contributed by atoms with Gasteiger partial charge in [0.25, 0.3) is 5.91 Å². The summed E-state index contributed by atoms with van der Waals surface area (Å²) in [6.45, 7) is 0. The number of fused-ring (bicyclic) bond motifs is 1. The molecule has 2 bridgehead atoms. The van der Waals surface area contributed by atoms with Gasteiger partial charge in [-0.1, -0.05) is 48.6 Å². The van der Waals surface area contributed by atoms with Gasteiger partial charge in [0.2, 0.25) is 11.8 Å². The molecule has 40 heavy (non-hydrogen) atoms. The van der Waals surface area contributed by atoms with Crippen LogP contribution in [0.2, 0.25) is 0 Å². The van der Waals surface area contributed by atoms with Crippen molar-refractivity contribution >= 4 is 39.9 Å². The molecule has 4 aliphatic carbocycles. The van der Waals surface area contributed by atoms with Crippen LogP contribution < -0.4 is 15.0 Å². The van der Waals surface area contributed by atoms with Crippen LogP contribution in [0.15, 0.2) is 103 Å². The van der Waals surface area contributed by atoms with Gasteiger partial charge >= 0.3 is 0 Å². The molecule has 4 aromatic rings. The Morgan fingerprint density at radius 2 is 1.40 bits per heavy atom. The topological polar surface area (TPSA) is 75.7 Å². The van der Waals surface area contributed by atoms with Gasteiger partial charge in [-0.3, -0.25) is 14.4 Å². The molecule has 0 spiro atoms. The maximum atomic E-state index is 13.5. The lowest BCUT2D eigenvalue weighted by Crippen LogP contribution is -2.40. The zero-order chi connectivity index (χ0) is 27.0. The number of nitrogens with zero attached hydrogens (tertiary/aromatic N) is 1. The van der Waals surface area contributed by atoms with Crippen LogP contribution >= 0.6 is 0 Å². The van der Waals surface area contributed by atoms with Crippen molar-refractivity contribution in [1.29, 1.82) is 0 Å². The van der Waals surface area contributed by atoms with E-state index < -0.39 is 0 Å². The molecule has 3 amide bonds. The van der Waals surface area contributed by atoms with Crippen LogP contribution in [0.25, 0.3) is 10.8 Å². The lowest BCUT2D eigenvalue weighted by Gasteiger charge is -2.37. The molecular weight excluding hydrogens is 500 g/mol. The number of carbonyl (C=O) groups excluding carboxylic acids is 3. The van der Waals surface area contributed by atoms with E-state index >= 15 is 0 Å². The first-order valence-electron chi connectivity index (χ1n) is 13.8. The number of hydrogen-bond donors (Lipinski definition) is 1. The number of ether oxygens (including phenoxy) is 1. The van der Waals surface area contributed by atoms with E-state index in [2.05, 4.69) is 23.5 Å². The fraction of sp³-hybridized carbons (Fsp3) is 0.206. The molecule has 6 heteroatoms. The maximum absolute atomic E-state index is 13.5. The first kappa shape index (κ1) is 23.2. The third kappa shape index (κ3) is 3.59. The van der Waals surface area contributed by atoms with E-state index in [1.54, 1.807) is 48.5 Å². The van der Waals surface area contributed by atoms with Crippen LogP contribution in [0.3, 0.4) is 0 Å². The summed E-state index contributed by atoms with van der Waals surface area (Å²) in [5.41, 5.74) is 1.46. The zero-order valence-corrected chi connectivity index (χ0v) is 21.6. The third-order valence-electron chi connectivity index (χ3n) is 9.10. The van der Waals surface area contributed by atoms with Gasteiger partial charge < -0.3 is 10.1 Å². The van der Waals surface area contributed by atoms with Gasteiger partial charge in [0.15, 0.2) is 0 Å². The lowest BCUT2D eigenvalue weighted by atomic mass is 9.63. The van der Waals surface area contributed by atoms with Gasteiger partial charge in [0.1, 0.15) is 11.5 Å². The zero-order valence-electron chi connectivity index (χ0n) is 21.6. The fourth-order valence-electron chi connectivity index (χ4n) is 7.17. The number of allylic oxidation sites excluding steroid dienone is 2. The molecule has 6 atom stereocenters. The molecule has 2 saturated carbocycles. The van der Waals surface area contributed by atoms with Crippen molar-refractivity contribution < 1.29 is 19.1 Å². The molecule has 5 aliphatic rings. The van der Waals surface area contributed by atoms with E-state index in [0.29, 0.717) is 34.5 Å². The SMILES string of the molecule is O=C(Nc1ccc(Oc2ccc3ccccc3c2)cc1)c1cccc(N2C(=O)[C@@H]3[C@H]4C=C[C@H]([C@H]5C[C@H]45)[C@@H]3C2=O)c1. The summed E-state index contributed by atoms with van der Waals surface area (Å²) >= 11 is 0. The average Bonchev–Trinajstić information content (AvgIpc) is 3.76. The normalized spacial score (nSPS) is 27.4. The fourth-order valence-corrected chi connectivity index (χ4v) is 7.17. The Morgan fingerprint density at radius 3 is 2.12 bits per heavy atom. The van der Waals surface area contributed by atoms with Crippen LogP contribution in [-0.2, 0) is 9.59 Å². The van der Waals surface area contributed by atoms with Crippen LogP contribution in [-0.4, -0.2) is 17.7 Å². The van der Waals surface area contributed by atoms with Crippen LogP contribution in [0.4, 0.5) is 11.4 Å². The Bertz CT molecular complexity index is 1710. The number of imide groups is 1. The number of amides is 3. The molecule has 6 nitrogen and oxygen atoms in total. The lowest BCUT2D eigenvalue weighted by molar-refractivity contribution is -0.124. The summed E-state index contributed by atoms with van der Waals surface area (Å²) in [4.78, 5) is 41.4. The minimum Gasteiger partial charge on any atom is -0.457 e. The summed E-state index contributed by atoms with van der Waals surface area (Å²) in [5, 5.41) is 5.15. The first-order chi connectivity index (χ1) is 19.5. The van der Waals surface area contributed by atoms with Crippen molar-refractivity contribution in [2.75, 3.05) is 10.2 Å². The second-order valence-corrected chi connectivity index (χ2v) is 11.3. The van der Waals surface area contributed by atoms with Crippen molar-refractivity contribution in [3.05, 3.63) is 109 Å². The largest absolute Gasteiger partial charge is 0.457 e. The Hall–Kier alpha value is -4.71. The van der Waals surface area contributed by atoms with Gasteiger partial charge in [-0.15, -0.1) is 0 Å². The van der Waals surface area contributed by atoms with E-state index in [0.717, 1.165) is 22.9 Å². The average molecular weight is 527 g/mol. The van der Waals surface area contributed by atoms with Gasteiger partial charge in [-0.25, -0.2) is 4.90 Å². The quantitative estimate of drug-likeness (QED) is 0.240. The van der Waals surface area contributed by atoms with Crippen molar-refractivity contribution in [2.45, 2.75) is 6.42 Å². The van der Waals surface area contributed by atoms with E-state index in [1.807, 2.05) is 36.4 Å². The predicted molar refractivity (Wildman–Crippen MR) is 152 cm³/mol. The number of nitrogens with one attached hydrogen (secondary N) is 1. The summed E-state index contributed by atoms with van der Waals surface area (Å²) in [6, 6.07) is 28.0. The van der Waals surface area contributed by atoms with Crippen LogP contribution in [0.5, 0.6) is 11.5 Å². The summed E-state index contributed by atoms with van der Waals surface area (Å²) in [5.74, 6) is 1.73. The molecule has 1 saturated heterocycles. The molecule has 0 unspecified atom stereocenters. The number of hydrogen-bond acceptors (Lipinski definition) is 4. The summed E-state index contributed by atoms with van der Waals surface area (Å²) in [6.07, 6.45) is 5.45. The van der Waals surface area contributed by atoms with E-state index in [-0.39, 0.29) is 41.4 Å². The Labute approximate surface area is 231 Å². The van der Waals surface area contributed by atoms with Gasteiger partial charge in [-0.2, -0.15) is 0 Å². The van der Waals surface area contributed by atoms with Crippen molar-refractivity contribution in [2.24, 2.45) is 35.5 Å². The van der Waals surface area contributed by atoms with E-state index in [1.165, 1.54) is 4.90 Å². The second-order valence-electron chi connectivity index (χ2n) is 11.3. The molecule has 4 aromatic carbocycles. The molecule has 0 aromatic heterocycles. The van der Waals surface area contributed by atoms with Crippen LogP contribution in [0.1, 0.15) is 16.8 Å². The van der Waals surface area contributed by atoms with E-state index in [9.17, 15) is 14.4 Å². The van der Waals surface area contributed by atoms with Gasteiger partial charge in [-0.05, 0) is 95.5 Å². The smallest absolute Gasteiger partial charge is 0.255 e. The van der Waals surface area contributed by atoms with E-state index in [4.69, 9.17) is 4.74 Å². The molecule has 0 radical (unpaired) electrons. The molecule has 1 heterocycles. The van der Waals surface area contributed by atoms with Gasteiger partial charge in [0, 0.05) is 11.3 Å². The standard InChI is InChI=1S/C34H26N2O4/c37-32(35-22-9-12-24(13-10-22)40-25-11-8-19-4-1-2-5-20(19)17-25)21-6-3-7-23(16-21)36-33(38)30-26-14-15-27(29-18-28(26)29)31(30)34(36)39/h1-17,26-31H,18H2,(H,35,37)/t26-,27+,28-,29-,30+,31-/m1/s1. The number of anilines is 2. The Kier molecular flexibility index (Phi) is 5.02. The highest BCUT2D eigenvalue weighted by atomic mass is 16.5. The minimum absolute atomic E-state index is 0.126. The molecule has 1 aliphatic heterocycles. The third-order valence-corrected chi connectivity index (χ3v) is 9.10. The Morgan fingerprint density at radius 1 is 0.725 bits per heavy atom. The number of rotatable bonds is 5. The highest BCUT2D eigenvalue weighted by Gasteiger charge is 2.67. The molecule has 196 valence electrons. The molecule has 1 N–H and O–H groups in total. The monoisotopic (exact) mass is 526 g/mol. The number of benzene rings is 4.